The summed E-state index contributed by atoms with van der Waals surface area (Å²) in [5.74, 6) is -1.01. The molecular formula is C9H9BrF2O. The highest BCUT2D eigenvalue weighted by Crippen LogP contribution is 2.29. The van der Waals surface area contributed by atoms with Gasteiger partial charge in [-0.1, -0.05) is 15.9 Å². The van der Waals surface area contributed by atoms with Crippen molar-refractivity contribution in [2.75, 3.05) is 7.11 Å². The monoisotopic (exact) mass is 250 g/mol. The summed E-state index contributed by atoms with van der Waals surface area (Å²) in [5.41, 5.74) is 0.0285. The highest BCUT2D eigenvalue weighted by molar-refractivity contribution is 9.09. The molecule has 1 rings (SSSR count). The molecule has 1 nitrogen and oxygen atoms in total. The average Bonchev–Trinajstić information content (AvgIpc) is 2.02. The molecule has 0 N–H and O–H groups in total. The zero-order chi connectivity index (χ0) is 10.0. The molecule has 1 aromatic rings. The van der Waals surface area contributed by atoms with E-state index >= 15 is 0 Å². The SMILES string of the molecule is COc1cc(F)c([C@H](C)Br)c(F)c1. The third kappa shape index (κ3) is 2.18. The van der Waals surface area contributed by atoms with Gasteiger partial charge in [0.15, 0.2) is 0 Å². The Kier molecular flexibility index (Phi) is 3.25. The Morgan fingerprint density at radius 1 is 1.31 bits per heavy atom. The summed E-state index contributed by atoms with van der Waals surface area (Å²) in [6.45, 7) is 1.66. The van der Waals surface area contributed by atoms with E-state index in [4.69, 9.17) is 4.74 Å². The van der Waals surface area contributed by atoms with Crippen LogP contribution in [-0.2, 0) is 0 Å². The van der Waals surface area contributed by atoms with Gasteiger partial charge in [-0.3, -0.25) is 0 Å². The molecule has 0 spiro atoms. The van der Waals surface area contributed by atoms with E-state index in [9.17, 15) is 8.78 Å². The first kappa shape index (κ1) is 10.4. The van der Waals surface area contributed by atoms with Crippen molar-refractivity contribution in [1.82, 2.24) is 0 Å². The van der Waals surface area contributed by atoms with Crippen molar-refractivity contribution in [3.05, 3.63) is 29.3 Å². The van der Waals surface area contributed by atoms with Gasteiger partial charge in [0.25, 0.3) is 0 Å². The van der Waals surface area contributed by atoms with Gasteiger partial charge in [0.1, 0.15) is 17.4 Å². The fraction of sp³-hybridized carbons (Fsp3) is 0.333. The molecule has 0 saturated carbocycles. The Morgan fingerprint density at radius 3 is 2.08 bits per heavy atom. The van der Waals surface area contributed by atoms with Crippen LogP contribution in [0.25, 0.3) is 0 Å². The minimum atomic E-state index is -0.596. The summed E-state index contributed by atoms with van der Waals surface area (Å²) in [5, 5.41) is 0. The molecule has 0 fully saturated rings. The molecule has 1 aromatic carbocycles. The number of hydrogen-bond donors (Lipinski definition) is 0. The maximum atomic E-state index is 13.2. The second-order valence-corrected chi connectivity index (χ2v) is 3.99. The maximum Gasteiger partial charge on any atom is 0.134 e. The van der Waals surface area contributed by atoms with Crippen LogP contribution in [0.4, 0.5) is 8.78 Å². The van der Waals surface area contributed by atoms with Crippen molar-refractivity contribution in [1.29, 1.82) is 0 Å². The molecule has 4 heteroatoms. The molecule has 0 saturated heterocycles. The molecule has 0 aliphatic heterocycles. The summed E-state index contributed by atoms with van der Waals surface area (Å²) in [7, 11) is 1.37. The van der Waals surface area contributed by atoms with E-state index in [1.54, 1.807) is 6.92 Å². The second-order valence-electron chi connectivity index (χ2n) is 2.62. The minimum Gasteiger partial charge on any atom is -0.497 e. The molecule has 72 valence electrons. The largest absolute Gasteiger partial charge is 0.497 e. The Balaban J connectivity index is 3.23. The molecule has 0 aromatic heterocycles. The topological polar surface area (TPSA) is 9.23 Å². The number of halogens is 3. The van der Waals surface area contributed by atoms with E-state index in [1.165, 1.54) is 7.11 Å². The molecule has 0 radical (unpaired) electrons. The lowest BCUT2D eigenvalue weighted by Gasteiger charge is -2.08. The van der Waals surface area contributed by atoms with E-state index in [2.05, 4.69) is 15.9 Å². The van der Waals surface area contributed by atoms with Crippen LogP contribution in [0.3, 0.4) is 0 Å². The number of alkyl halides is 1. The van der Waals surface area contributed by atoms with Crippen LogP contribution >= 0.6 is 15.9 Å². The zero-order valence-electron chi connectivity index (χ0n) is 7.27. The maximum absolute atomic E-state index is 13.2. The Bertz CT molecular complexity index is 289. The van der Waals surface area contributed by atoms with Crippen LogP contribution in [0.15, 0.2) is 12.1 Å². The van der Waals surface area contributed by atoms with Crippen LogP contribution in [0, 0.1) is 11.6 Å². The minimum absolute atomic E-state index is 0.0285. The molecule has 0 amide bonds. The molecule has 0 unspecified atom stereocenters. The quantitative estimate of drug-likeness (QED) is 0.731. The molecule has 0 aliphatic rings. The van der Waals surface area contributed by atoms with Gasteiger partial charge < -0.3 is 4.74 Å². The van der Waals surface area contributed by atoms with E-state index in [0.29, 0.717) is 0 Å². The Morgan fingerprint density at radius 2 is 1.77 bits per heavy atom. The van der Waals surface area contributed by atoms with Gasteiger partial charge in [-0.15, -0.1) is 0 Å². The first-order chi connectivity index (χ1) is 6.06. The van der Waals surface area contributed by atoms with Crippen molar-refractivity contribution >= 4 is 15.9 Å². The fourth-order valence-electron chi connectivity index (χ4n) is 1.06. The molecule has 1 atom stereocenters. The lowest BCUT2D eigenvalue weighted by atomic mass is 10.1. The number of rotatable bonds is 2. The first-order valence-corrected chi connectivity index (χ1v) is 4.64. The van der Waals surface area contributed by atoms with Gasteiger partial charge in [0, 0.05) is 22.5 Å². The number of benzene rings is 1. The predicted molar refractivity (Wildman–Crippen MR) is 50.3 cm³/mol. The number of hydrogen-bond acceptors (Lipinski definition) is 1. The van der Waals surface area contributed by atoms with Gasteiger partial charge in [-0.2, -0.15) is 0 Å². The van der Waals surface area contributed by atoms with E-state index in [0.717, 1.165) is 12.1 Å². The highest BCUT2D eigenvalue weighted by atomic mass is 79.9. The van der Waals surface area contributed by atoms with Gasteiger partial charge >= 0.3 is 0 Å². The van der Waals surface area contributed by atoms with Crippen molar-refractivity contribution in [2.45, 2.75) is 11.8 Å². The Labute approximate surface area is 83.8 Å². The lowest BCUT2D eigenvalue weighted by Crippen LogP contribution is -1.97. The van der Waals surface area contributed by atoms with E-state index < -0.39 is 11.6 Å². The molecule has 13 heavy (non-hydrogen) atoms. The van der Waals surface area contributed by atoms with Crippen LogP contribution in [0.2, 0.25) is 0 Å². The predicted octanol–water partition coefficient (Wildman–Crippen LogP) is 3.43. The second kappa shape index (κ2) is 4.05. The van der Waals surface area contributed by atoms with Crippen molar-refractivity contribution in [2.24, 2.45) is 0 Å². The van der Waals surface area contributed by atoms with E-state index in [1.807, 2.05) is 0 Å². The lowest BCUT2D eigenvalue weighted by molar-refractivity contribution is 0.405. The van der Waals surface area contributed by atoms with Crippen LogP contribution in [0.5, 0.6) is 5.75 Å². The third-order valence-electron chi connectivity index (χ3n) is 1.69. The number of ether oxygens (including phenoxy) is 1. The van der Waals surface area contributed by atoms with Crippen LogP contribution < -0.4 is 4.74 Å². The first-order valence-electron chi connectivity index (χ1n) is 3.73. The highest BCUT2D eigenvalue weighted by Gasteiger charge is 2.15. The van der Waals surface area contributed by atoms with Gasteiger partial charge in [0.2, 0.25) is 0 Å². The zero-order valence-corrected chi connectivity index (χ0v) is 8.86. The summed E-state index contributed by atoms with van der Waals surface area (Å²) in [4.78, 5) is -0.349. The average molecular weight is 251 g/mol. The molecule has 0 bridgehead atoms. The van der Waals surface area contributed by atoms with Crippen LogP contribution in [0.1, 0.15) is 17.3 Å². The summed E-state index contributed by atoms with van der Waals surface area (Å²) in [6.07, 6.45) is 0. The fourth-order valence-corrected chi connectivity index (χ4v) is 1.50. The third-order valence-corrected chi connectivity index (χ3v) is 2.14. The smallest absolute Gasteiger partial charge is 0.134 e. The van der Waals surface area contributed by atoms with Gasteiger partial charge in [-0.05, 0) is 6.92 Å². The summed E-state index contributed by atoms with van der Waals surface area (Å²) in [6, 6.07) is 2.33. The molecular weight excluding hydrogens is 242 g/mol. The summed E-state index contributed by atoms with van der Waals surface area (Å²) < 4.78 is 31.1. The number of methoxy groups -OCH3 is 1. The Hall–Kier alpha value is -0.640. The van der Waals surface area contributed by atoms with Crippen LogP contribution in [-0.4, -0.2) is 7.11 Å². The normalized spacial score (nSPS) is 12.7. The summed E-state index contributed by atoms with van der Waals surface area (Å²) >= 11 is 3.11. The molecule has 0 heterocycles. The van der Waals surface area contributed by atoms with Gasteiger partial charge in [0.05, 0.1) is 7.11 Å². The standard InChI is InChI=1S/C9H9BrF2O/c1-5(10)9-7(11)3-6(13-2)4-8(9)12/h3-5H,1-2H3/t5-/m0/s1. The van der Waals surface area contributed by atoms with Crippen molar-refractivity contribution < 1.29 is 13.5 Å². The van der Waals surface area contributed by atoms with E-state index in [-0.39, 0.29) is 16.1 Å². The van der Waals surface area contributed by atoms with Gasteiger partial charge in [-0.25, -0.2) is 8.78 Å². The van der Waals surface area contributed by atoms with Crippen molar-refractivity contribution in [3.8, 4) is 5.75 Å². The molecule has 0 aliphatic carbocycles. The van der Waals surface area contributed by atoms with Crippen molar-refractivity contribution in [3.63, 3.8) is 0 Å².